The molecular weight excluding hydrogens is 388 g/mol. The Morgan fingerprint density at radius 1 is 0.968 bits per heavy atom. The van der Waals surface area contributed by atoms with E-state index in [1.807, 2.05) is 36.4 Å². The number of aromatic nitrogens is 2. The molecule has 0 aliphatic heterocycles. The number of carbonyl (C=O) groups is 2. The number of Topliss-reactive ketones (excluding diaryl/α,β-unsaturated/α-hetero) is 1. The van der Waals surface area contributed by atoms with Gasteiger partial charge in [-0.05, 0) is 36.6 Å². The Bertz CT molecular complexity index is 1020. The molecule has 1 fully saturated rings. The average Bonchev–Trinajstić information content (AvgIpc) is 3.33. The molecule has 0 spiro atoms. The molecule has 3 aromatic rings. The van der Waals surface area contributed by atoms with E-state index in [1.165, 1.54) is 32.1 Å². The van der Waals surface area contributed by atoms with Crippen LogP contribution in [0.1, 0.15) is 60.9 Å². The quantitative estimate of drug-likeness (QED) is 0.438. The Balaban J connectivity index is 1.38. The average molecular weight is 417 g/mol. The van der Waals surface area contributed by atoms with Gasteiger partial charge in [0, 0.05) is 12.6 Å². The Morgan fingerprint density at radius 2 is 1.71 bits per heavy atom. The molecule has 0 unspecified atom stereocenters. The first kappa shape index (κ1) is 21.0. The molecule has 0 bridgehead atoms. The highest BCUT2D eigenvalue weighted by Crippen LogP contribution is 2.27. The van der Waals surface area contributed by atoms with Gasteiger partial charge in [0.25, 0.3) is 0 Å². The largest absolute Gasteiger partial charge is 0.485 e. The summed E-state index contributed by atoms with van der Waals surface area (Å²) in [4.78, 5) is 25.4. The Hall–Kier alpha value is -3.21. The van der Waals surface area contributed by atoms with Crippen molar-refractivity contribution in [2.75, 3.05) is 6.61 Å². The van der Waals surface area contributed by atoms with E-state index in [0.717, 1.165) is 12.1 Å². The fourth-order valence-corrected chi connectivity index (χ4v) is 4.17. The number of hydrogen-bond donors (Lipinski definition) is 0. The van der Waals surface area contributed by atoms with Gasteiger partial charge in [-0.3, -0.25) is 9.59 Å². The maximum atomic E-state index is 13.1. The molecule has 1 saturated carbocycles. The molecule has 160 valence electrons. The fraction of sp³-hybridized carbons (Fsp3) is 0.346. The summed E-state index contributed by atoms with van der Waals surface area (Å²) in [5.41, 5.74) is 1.80. The summed E-state index contributed by atoms with van der Waals surface area (Å²) in [7, 11) is 0. The van der Waals surface area contributed by atoms with Gasteiger partial charge in [0.15, 0.2) is 11.6 Å². The summed E-state index contributed by atoms with van der Waals surface area (Å²) in [6, 6.07) is 16.7. The number of benzene rings is 2. The lowest BCUT2D eigenvalue weighted by molar-refractivity contribution is -0.121. The summed E-state index contributed by atoms with van der Waals surface area (Å²) in [6.07, 6.45) is 11.1. The summed E-state index contributed by atoms with van der Waals surface area (Å²) < 4.78 is 7.45. The second-order valence-electron chi connectivity index (χ2n) is 8.20. The smallest absolute Gasteiger partial charge is 0.199 e. The van der Waals surface area contributed by atoms with Gasteiger partial charge >= 0.3 is 0 Å². The molecule has 0 N–H and O–H groups in total. The molecule has 4 rings (SSSR count). The molecule has 0 atom stereocenters. The number of ketones is 2. The third-order valence-corrected chi connectivity index (χ3v) is 5.94. The third-order valence-electron chi connectivity index (χ3n) is 5.94. The second kappa shape index (κ2) is 10.2. The number of carbonyl (C=O) groups excluding carboxylic acids is 2. The van der Waals surface area contributed by atoms with Crippen LogP contribution in [0.3, 0.4) is 0 Å². The Kier molecular flexibility index (Phi) is 6.92. The SMILES string of the molecule is O=C(CCC1CCCCC1)COc1ccccc1C(=O)c1cnn(-c2ccccc2)c1. The molecule has 0 radical (unpaired) electrons. The highest BCUT2D eigenvalue weighted by atomic mass is 16.5. The molecule has 2 aromatic carbocycles. The zero-order valence-corrected chi connectivity index (χ0v) is 17.7. The van der Waals surface area contributed by atoms with Crippen LogP contribution in [0.4, 0.5) is 0 Å². The number of ether oxygens (including phenoxy) is 1. The molecule has 1 heterocycles. The van der Waals surface area contributed by atoms with Gasteiger partial charge in [-0.15, -0.1) is 0 Å². The van der Waals surface area contributed by atoms with Gasteiger partial charge in [0.1, 0.15) is 12.4 Å². The summed E-state index contributed by atoms with van der Waals surface area (Å²) >= 11 is 0. The molecule has 5 nitrogen and oxygen atoms in total. The van der Waals surface area contributed by atoms with Crippen molar-refractivity contribution in [3.8, 4) is 11.4 Å². The van der Waals surface area contributed by atoms with Crippen LogP contribution in [0.15, 0.2) is 67.0 Å². The van der Waals surface area contributed by atoms with Crippen molar-refractivity contribution in [3.05, 3.63) is 78.1 Å². The van der Waals surface area contributed by atoms with E-state index in [-0.39, 0.29) is 18.2 Å². The first-order valence-corrected chi connectivity index (χ1v) is 11.1. The molecule has 0 saturated heterocycles. The lowest BCUT2D eigenvalue weighted by atomic mass is 9.86. The molecule has 1 aromatic heterocycles. The van der Waals surface area contributed by atoms with Crippen LogP contribution in [0.25, 0.3) is 5.69 Å². The highest BCUT2D eigenvalue weighted by molar-refractivity contribution is 6.10. The third kappa shape index (κ3) is 5.48. The first-order valence-electron chi connectivity index (χ1n) is 11.1. The molecular formula is C26H28N2O3. The van der Waals surface area contributed by atoms with Crippen LogP contribution in [0, 0.1) is 5.92 Å². The van der Waals surface area contributed by atoms with Crippen molar-refractivity contribution in [3.63, 3.8) is 0 Å². The lowest BCUT2D eigenvalue weighted by Gasteiger charge is -2.20. The Labute approximate surface area is 183 Å². The molecule has 0 amide bonds. The zero-order chi connectivity index (χ0) is 21.5. The van der Waals surface area contributed by atoms with E-state index >= 15 is 0 Å². The number of nitrogens with zero attached hydrogens (tertiary/aromatic N) is 2. The van der Waals surface area contributed by atoms with Gasteiger partial charge in [0.2, 0.25) is 0 Å². The van der Waals surface area contributed by atoms with Crippen molar-refractivity contribution in [1.82, 2.24) is 9.78 Å². The van der Waals surface area contributed by atoms with Crippen LogP contribution >= 0.6 is 0 Å². The van der Waals surface area contributed by atoms with Crippen molar-refractivity contribution >= 4 is 11.6 Å². The minimum Gasteiger partial charge on any atom is -0.485 e. The van der Waals surface area contributed by atoms with Gasteiger partial charge in [0.05, 0.1) is 23.0 Å². The van der Waals surface area contributed by atoms with Crippen molar-refractivity contribution in [1.29, 1.82) is 0 Å². The number of rotatable bonds is 9. The van der Waals surface area contributed by atoms with E-state index in [4.69, 9.17) is 4.74 Å². The highest BCUT2D eigenvalue weighted by Gasteiger charge is 2.18. The summed E-state index contributed by atoms with van der Waals surface area (Å²) in [5.74, 6) is 1.02. The van der Waals surface area contributed by atoms with Crippen molar-refractivity contribution in [2.45, 2.75) is 44.9 Å². The van der Waals surface area contributed by atoms with Crippen LogP contribution in [0.2, 0.25) is 0 Å². The standard InChI is InChI=1S/C26H28N2O3/c29-23(16-15-20-9-3-1-4-10-20)19-31-25-14-8-7-13-24(25)26(30)21-17-27-28(18-21)22-11-5-2-6-12-22/h2,5-8,11-14,17-18,20H,1,3-4,9-10,15-16,19H2. The zero-order valence-electron chi connectivity index (χ0n) is 17.7. The molecule has 1 aliphatic carbocycles. The van der Waals surface area contributed by atoms with E-state index < -0.39 is 0 Å². The maximum absolute atomic E-state index is 13.1. The van der Waals surface area contributed by atoms with E-state index in [2.05, 4.69) is 5.10 Å². The number of hydrogen-bond acceptors (Lipinski definition) is 4. The van der Waals surface area contributed by atoms with E-state index in [0.29, 0.717) is 29.2 Å². The molecule has 31 heavy (non-hydrogen) atoms. The molecule has 1 aliphatic rings. The predicted molar refractivity (Wildman–Crippen MR) is 120 cm³/mol. The maximum Gasteiger partial charge on any atom is 0.199 e. The van der Waals surface area contributed by atoms with Gasteiger partial charge in [-0.1, -0.05) is 62.4 Å². The second-order valence-corrected chi connectivity index (χ2v) is 8.20. The predicted octanol–water partition coefficient (Wildman–Crippen LogP) is 5.41. The Morgan fingerprint density at radius 3 is 2.52 bits per heavy atom. The van der Waals surface area contributed by atoms with E-state index in [9.17, 15) is 9.59 Å². The molecule has 5 heteroatoms. The van der Waals surface area contributed by atoms with E-state index in [1.54, 1.807) is 35.3 Å². The van der Waals surface area contributed by atoms with Crippen LogP contribution < -0.4 is 4.74 Å². The normalized spacial score (nSPS) is 14.3. The van der Waals surface area contributed by atoms with Gasteiger partial charge in [-0.2, -0.15) is 5.10 Å². The van der Waals surface area contributed by atoms with Crippen LogP contribution in [-0.2, 0) is 4.79 Å². The fourth-order valence-electron chi connectivity index (χ4n) is 4.17. The minimum absolute atomic E-state index is 0.000288. The van der Waals surface area contributed by atoms with Gasteiger partial charge in [-0.25, -0.2) is 4.68 Å². The topological polar surface area (TPSA) is 61.2 Å². The first-order chi connectivity index (χ1) is 15.2. The summed E-state index contributed by atoms with van der Waals surface area (Å²) in [5, 5.41) is 4.31. The van der Waals surface area contributed by atoms with Crippen LogP contribution in [0.5, 0.6) is 5.75 Å². The van der Waals surface area contributed by atoms with Crippen molar-refractivity contribution in [2.24, 2.45) is 5.92 Å². The minimum atomic E-state index is -0.174. The monoisotopic (exact) mass is 416 g/mol. The summed E-state index contributed by atoms with van der Waals surface area (Å²) in [6.45, 7) is 0.000288. The van der Waals surface area contributed by atoms with Gasteiger partial charge < -0.3 is 4.74 Å². The lowest BCUT2D eigenvalue weighted by Crippen LogP contribution is -2.15. The number of para-hydroxylation sites is 2. The van der Waals surface area contributed by atoms with Crippen LogP contribution in [-0.4, -0.2) is 28.0 Å². The van der Waals surface area contributed by atoms with Crippen molar-refractivity contribution < 1.29 is 14.3 Å².